The third-order valence-corrected chi connectivity index (χ3v) is 2.64. The number of rotatable bonds is 6. The molecule has 0 aliphatic rings. The second-order valence-corrected chi connectivity index (χ2v) is 4.42. The zero-order chi connectivity index (χ0) is 16.0. The van der Waals surface area contributed by atoms with Crippen LogP contribution in [0.3, 0.4) is 0 Å². The molecule has 1 aromatic carbocycles. The molecule has 1 atom stereocenters. The largest absolute Gasteiger partial charge is 0.489 e. The fraction of sp³-hybridized carbons (Fsp3) is 0.357. The highest BCUT2D eigenvalue weighted by Gasteiger charge is 2.32. The summed E-state index contributed by atoms with van der Waals surface area (Å²) in [5.74, 6) is -0.609. The van der Waals surface area contributed by atoms with Crippen LogP contribution in [0.4, 0.5) is 13.2 Å². The number of halogens is 4. The van der Waals surface area contributed by atoms with Crippen LogP contribution in [-0.4, -0.2) is 25.1 Å². The minimum atomic E-state index is -4.54. The zero-order valence-corrected chi connectivity index (χ0v) is 12.8. The third-order valence-electron chi connectivity index (χ3n) is 2.64. The number of hydrogen-bond acceptors (Lipinski definition) is 3. The van der Waals surface area contributed by atoms with Crippen molar-refractivity contribution in [3.8, 4) is 5.75 Å². The minimum absolute atomic E-state index is 0. The summed E-state index contributed by atoms with van der Waals surface area (Å²) in [7, 11) is 0. The lowest BCUT2D eigenvalue weighted by atomic mass is 10.1. The average molecular weight is 339 g/mol. The van der Waals surface area contributed by atoms with Gasteiger partial charge >= 0.3 is 6.18 Å². The Hall–Kier alpha value is -1.73. The number of hydrogen-bond donors (Lipinski definition) is 2. The maximum atomic E-state index is 12.7. The number of carbonyl (C=O) groups excluding carboxylic acids is 1. The molecule has 1 amide bonds. The van der Waals surface area contributed by atoms with Crippen LogP contribution < -0.4 is 15.8 Å². The SMILES string of the molecule is C=CCOc1ccc(C(F)(F)F)cc1C(=O)N[C@@H](C)CN.Cl. The summed E-state index contributed by atoms with van der Waals surface area (Å²) < 4.78 is 43.4. The van der Waals surface area contributed by atoms with Gasteiger partial charge in [-0.1, -0.05) is 12.7 Å². The van der Waals surface area contributed by atoms with Crippen molar-refractivity contribution in [2.24, 2.45) is 5.73 Å². The van der Waals surface area contributed by atoms with Gasteiger partial charge in [0.1, 0.15) is 12.4 Å². The second-order valence-electron chi connectivity index (χ2n) is 4.42. The monoisotopic (exact) mass is 338 g/mol. The third kappa shape index (κ3) is 5.57. The summed E-state index contributed by atoms with van der Waals surface area (Å²) in [5, 5.41) is 2.50. The van der Waals surface area contributed by atoms with Crippen LogP contribution in [0.5, 0.6) is 5.75 Å². The summed E-state index contributed by atoms with van der Waals surface area (Å²) in [6.07, 6.45) is -3.10. The van der Waals surface area contributed by atoms with Crippen molar-refractivity contribution in [3.63, 3.8) is 0 Å². The Bertz CT molecular complexity index is 521. The predicted octanol–water partition coefficient (Wildman–Crippen LogP) is 2.77. The molecule has 0 saturated heterocycles. The maximum Gasteiger partial charge on any atom is 0.416 e. The summed E-state index contributed by atoms with van der Waals surface area (Å²) in [6, 6.07) is 2.38. The molecule has 4 nitrogen and oxygen atoms in total. The van der Waals surface area contributed by atoms with Gasteiger partial charge in [-0.05, 0) is 25.1 Å². The van der Waals surface area contributed by atoms with Crippen LogP contribution in [0, 0.1) is 0 Å². The Morgan fingerprint density at radius 2 is 2.14 bits per heavy atom. The molecular weight excluding hydrogens is 321 g/mol. The molecule has 3 N–H and O–H groups in total. The van der Waals surface area contributed by atoms with E-state index in [1.165, 1.54) is 6.08 Å². The lowest BCUT2D eigenvalue weighted by Crippen LogP contribution is -2.38. The summed E-state index contributed by atoms with van der Waals surface area (Å²) in [4.78, 5) is 12.0. The lowest BCUT2D eigenvalue weighted by Gasteiger charge is -2.16. The van der Waals surface area contributed by atoms with E-state index >= 15 is 0 Å². The number of nitrogens with two attached hydrogens (primary N) is 1. The highest BCUT2D eigenvalue weighted by Crippen LogP contribution is 2.32. The first kappa shape index (κ1) is 20.3. The second kappa shape index (κ2) is 8.65. The van der Waals surface area contributed by atoms with Gasteiger partial charge in [-0.15, -0.1) is 12.4 Å². The first-order chi connectivity index (χ1) is 9.79. The highest BCUT2D eigenvalue weighted by atomic mass is 35.5. The first-order valence-electron chi connectivity index (χ1n) is 6.25. The van der Waals surface area contributed by atoms with Gasteiger partial charge in [-0.3, -0.25) is 4.79 Å². The number of ether oxygens (including phenoxy) is 1. The highest BCUT2D eigenvalue weighted by molar-refractivity contribution is 5.97. The van der Waals surface area contributed by atoms with Gasteiger partial charge in [0.15, 0.2) is 0 Å². The molecule has 22 heavy (non-hydrogen) atoms. The van der Waals surface area contributed by atoms with Gasteiger partial charge in [0.05, 0.1) is 11.1 Å². The summed E-state index contributed by atoms with van der Waals surface area (Å²) in [5.41, 5.74) is 4.27. The molecule has 0 fully saturated rings. The van der Waals surface area contributed by atoms with Crippen molar-refractivity contribution in [2.75, 3.05) is 13.2 Å². The van der Waals surface area contributed by atoms with Crippen LogP contribution in [-0.2, 0) is 6.18 Å². The Morgan fingerprint density at radius 1 is 1.50 bits per heavy atom. The normalized spacial score (nSPS) is 12.0. The molecular formula is C14H18ClF3N2O2. The molecule has 1 aromatic rings. The van der Waals surface area contributed by atoms with Gasteiger partial charge in [-0.2, -0.15) is 13.2 Å². The van der Waals surface area contributed by atoms with E-state index < -0.39 is 17.6 Å². The standard InChI is InChI=1S/C14H17F3N2O2.ClH/c1-3-6-21-12-5-4-10(14(15,16)17)7-11(12)13(20)19-9(2)8-18;/h3-5,7,9H,1,6,8,18H2,2H3,(H,19,20);1H/t9-;/m0./s1. The summed E-state index contributed by atoms with van der Waals surface area (Å²) in [6.45, 7) is 5.35. The topological polar surface area (TPSA) is 64.3 Å². The van der Waals surface area contributed by atoms with E-state index in [0.717, 1.165) is 18.2 Å². The van der Waals surface area contributed by atoms with Crippen LogP contribution >= 0.6 is 12.4 Å². The molecule has 0 heterocycles. The fourth-order valence-corrected chi connectivity index (χ4v) is 1.52. The number of benzene rings is 1. The zero-order valence-electron chi connectivity index (χ0n) is 11.9. The average Bonchev–Trinajstić information content (AvgIpc) is 2.43. The first-order valence-corrected chi connectivity index (χ1v) is 6.25. The molecule has 0 aliphatic carbocycles. The molecule has 0 aromatic heterocycles. The Kier molecular flexibility index (Phi) is 7.97. The molecule has 0 bridgehead atoms. The summed E-state index contributed by atoms with van der Waals surface area (Å²) >= 11 is 0. The van der Waals surface area contributed by atoms with Gasteiger partial charge < -0.3 is 15.8 Å². The van der Waals surface area contributed by atoms with E-state index in [2.05, 4.69) is 11.9 Å². The van der Waals surface area contributed by atoms with Gasteiger partial charge in [0.2, 0.25) is 0 Å². The van der Waals surface area contributed by atoms with Gasteiger partial charge in [0.25, 0.3) is 5.91 Å². The fourth-order valence-electron chi connectivity index (χ4n) is 1.52. The molecule has 0 unspecified atom stereocenters. The van der Waals surface area contributed by atoms with Crippen LogP contribution in [0.15, 0.2) is 30.9 Å². The van der Waals surface area contributed by atoms with Crippen LogP contribution in [0.2, 0.25) is 0 Å². The molecule has 0 aliphatic heterocycles. The van der Waals surface area contributed by atoms with Crippen molar-refractivity contribution in [1.82, 2.24) is 5.32 Å². The molecule has 0 spiro atoms. The molecule has 1 rings (SSSR count). The predicted molar refractivity (Wildman–Crippen MR) is 80.4 cm³/mol. The van der Waals surface area contributed by atoms with Crippen molar-refractivity contribution < 1.29 is 22.7 Å². The maximum absolute atomic E-state index is 12.7. The van der Waals surface area contributed by atoms with E-state index in [0.29, 0.717) is 0 Å². The lowest BCUT2D eigenvalue weighted by molar-refractivity contribution is -0.137. The number of nitrogens with one attached hydrogen (secondary N) is 1. The van der Waals surface area contributed by atoms with Crippen LogP contribution in [0.1, 0.15) is 22.8 Å². The van der Waals surface area contributed by atoms with E-state index in [4.69, 9.17) is 10.5 Å². The van der Waals surface area contributed by atoms with Gasteiger partial charge in [-0.25, -0.2) is 0 Å². The Morgan fingerprint density at radius 3 is 2.64 bits per heavy atom. The van der Waals surface area contributed by atoms with E-state index in [9.17, 15) is 18.0 Å². The smallest absolute Gasteiger partial charge is 0.416 e. The van der Waals surface area contributed by atoms with Crippen LogP contribution in [0.25, 0.3) is 0 Å². The molecule has 0 saturated carbocycles. The van der Waals surface area contributed by atoms with Crippen molar-refractivity contribution >= 4 is 18.3 Å². The molecule has 124 valence electrons. The Labute approximate surface area is 132 Å². The van der Waals surface area contributed by atoms with Crippen molar-refractivity contribution in [2.45, 2.75) is 19.1 Å². The van der Waals surface area contributed by atoms with E-state index in [1.807, 2.05) is 0 Å². The Balaban J connectivity index is 0.00000441. The number of amides is 1. The van der Waals surface area contributed by atoms with Crippen molar-refractivity contribution in [3.05, 3.63) is 42.0 Å². The quantitative estimate of drug-likeness (QED) is 0.784. The number of alkyl halides is 3. The molecule has 0 radical (unpaired) electrons. The van der Waals surface area contributed by atoms with E-state index in [-0.39, 0.29) is 42.9 Å². The minimum Gasteiger partial charge on any atom is -0.489 e. The van der Waals surface area contributed by atoms with E-state index in [1.54, 1.807) is 6.92 Å². The number of carbonyl (C=O) groups is 1. The van der Waals surface area contributed by atoms with Gasteiger partial charge in [0, 0.05) is 12.6 Å². The molecule has 8 heteroatoms. The van der Waals surface area contributed by atoms with Crippen molar-refractivity contribution in [1.29, 1.82) is 0 Å².